The van der Waals surface area contributed by atoms with E-state index in [9.17, 15) is 5.26 Å². The summed E-state index contributed by atoms with van der Waals surface area (Å²) in [7, 11) is 0. The van der Waals surface area contributed by atoms with Gasteiger partial charge in [-0.3, -0.25) is 0 Å². The van der Waals surface area contributed by atoms with Crippen molar-refractivity contribution in [2.45, 2.75) is 6.17 Å². The van der Waals surface area contributed by atoms with Crippen LogP contribution in [-0.2, 0) is 0 Å². The van der Waals surface area contributed by atoms with Crippen molar-refractivity contribution in [1.29, 1.82) is 5.26 Å². The Hall–Kier alpha value is -8.01. The van der Waals surface area contributed by atoms with Crippen LogP contribution in [-0.4, -0.2) is 20.8 Å². The smallest absolute Gasteiger partial charge is 0.159 e. The molecule has 0 fully saturated rings. The second-order valence-electron chi connectivity index (χ2n) is 14.5. The quantitative estimate of drug-likeness (QED) is 0.184. The van der Waals surface area contributed by atoms with E-state index in [1.165, 1.54) is 10.8 Å². The molecule has 0 amide bonds. The highest BCUT2D eigenvalue weighted by atomic mass is 15.2. The largest absolute Gasteiger partial charge is 0.344 e. The predicted octanol–water partition coefficient (Wildman–Crippen LogP) is 11.9. The Morgan fingerprint density at radius 2 is 1.09 bits per heavy atom. The van der Waals surface area contributed by atoms with Crippen LogP contribution in [0.3, 0.4) is 0 Å². The minimum absolute atomic E-state index is 0.470. The summed E-state index contributed by atoms with van der Waals surface area (Å²) in [5.74, 6) is 1.40. The fraction of sp³-hybridized carbons (Fsp3) is 0.0192. The van der Waals surface area contributed by atoms with Gasteiger partial charge in [0.2, 0.25) is 0 Å². The number of nitriles is 1. The van der Waals surface area contributed by atoms with Crippen molar-refractivity contribution in [2.75, 3.05) is 0 Å². The maximum absolute atomic E-state index is 10.9. The normalized spacial score (nSPS) is 14.0. The van der Waals surface area contributed by atoms with E-state index in [0.29, 0.717) is 11.4 Å². The Labute approximate surface area is 334 Å². The number of aromatic nitrogens is 2. The highest BCUT2D eigenvalue weighted by molar-refractivity contribution is 6.23. The molecule has 1 unspecified atom stereocenters. The summed E-state index contributed by atoms with van der Waals surface area (Å²) in [5, 5.41) is 19.0. The Morgan fingerprint density at radius 1 is 0.500 bits per heavy atom. The van der Waals surface area contributed by atoms with Gasteiger partial charge in [-0.05, 0) is 53.6 Å². The zero-order valence-electron chi connectivity index (χ0n) is 31.3. The summed E-state index contributed by atoms with van der Waals surface area (Å²) in [6.45, 7) is 0. The number of benzene rings is 8. The highest BCUT2D eigenvalue weighted by Gasteiger charge is 2.27. The molecule has 0 saturated heterocycles. The molecule has 11 rings (SSSR count). The first-order chi connectivity index (χ1) is 28.8. The lowest BCUT2D eigenvalue weighted by molar-refractivity contribution is 0.670. The maximum Gasteiger partial charge on any atom is 0.159 e. The Bertz CT molecular complexity index is 3310. The molecule has 1 aliphatic heterocycles. The van der Waals surface area contributed by atoms with Crippen LogP contribution in [0, 0.1) is 11.3 Å². The van der Waals surface area contributed by atoms with Crippen LogP contribution in [0.5, 0.6) is 0 Å². The van der Waals surface area contributed by atoms with Gasteiger partial charge >= 0.3 is 0 Å². The van der Waals surface area contributed by atoms with Crippen LogP contribution in [0.25, 0.3) is 66.1 Å². The standard InChI is InChI=1S/C52H34N6/c53-33-36-31-32-39(38-26-16-30-46-47(38)40-23-10-13-27-43(40)57(46)37-21-8-3-9-22-37)48-41-24-11-14-28-44(41)58(49(36)48)45-29-15-12-25-42(45)52-55-50(34-17-4-1-5-18-34)54-51(56-52)35-19-6-2-7-20-35/h1-32,52H,(H,54,55,56). The van der Waals surface area contributed by atoms with Crippen molar-refractivity contribution >= 4 is 55.3 Å². The van der Waals surface area contributed by atoms with Gasteiger partial charge in [0.1, 0.15) is 18.1 Å². The number of para-hydroxylation sites is 4. The molecule has 1 N–H and O–H groups in total. The van der Waals surface area contributed by atoms with Gasteiger partial charge in [0.25, 0.3) is 0 Å². The monoisotopic (exact) mass is 742 g/mol. The van der Waals surface area contributed by atoms with E-state index in [1.54, 1.807) is 0 Å². The van der Waals surface area contributed by atoms with E-state index in [0.717, 1.165) is 77.9 Å². The number of aliphatic imine (C=N–C) groups is 2. The van der Waals surface area contributed by atoms with Crippen molar-refractivity contribution in [1.82, 2.24) is 14.5 Å². The van der Waals surface area contributed by atoms with Crippen LogP contribution < -0.4 is 5.32 Å². The number of nitrogens with zero attached hydrogens (tertiary/aromatic N) is 5. The predicted molar refractivity (Wildman–Crippen MR) is 237 cm³/mol. The summed E-state index contributed by atoms with van der Waals surface area (Å²) in [5.41, 5.74) is 11.8. The number of rotatable bonds is 6. The fourth-order valence-corrected chi connectivity index (χ4v) is 8.75. The van der Waals surface area contributed by atoms with Gasteiger partial charge in [0.15, 0.2) is 5.84 Å². The molecule has 0 saturated carbocycles. The molecule has 0 bridgehead atoms. The third kappa shape index (κ3) is 5.26. The number of hydrogen-bond donors (Lipinski definition) is 1. The van der Waals surface area contributed by atoms with E-state index < -0.39 is 6.17 Å². The zero-order chi connectivity index (χ0) is 38.6. The Balaban J connectivity index is 1.18. The molecule has 1 atom stereocenters. The highest BCUT2D eigenvalue weighted by Crippen LogP contribution is 2.45. The van der Waals surface area contributed by atoms with Crippen LogP contribution >= 0.6 is 0 Å². The van der Waals surface area contributed by atoms with Gasteiger partial charge in [-0.15, -0.1) is 0 Å². The first-order valence-electron chi connectivity index (χ1n) is 19.4. The third-order valence-corrected chi connectivity index (χ3v) is 11.2. The summed E-state index contributed by atoms with van der Waals surface area (Å²) < 4.78 is 4.62. The topological polar surface area (TPSA) is 70.4 Å². The van der Waals surface area contributed by atoms with E-state index in [2.05, 4.69) is 160 Å². The number of fused-ring (bicyclic) bond motifs is 6. The number of nitrogens with one attached hydrogen (secondary N) is 1. The molecule has 58 heavy (non-hydrogen) atoms. The van der Waals surface area contributed by atoms with Gasteiger partial charge < -0.3 is 14.5 Å². The number of hydrogen-bond acceptors (Lipinski definition) is 4. The van der Waals surface area contributed by atoms with Gasteiger partial charge in [-0.2, -0.15) is 5.26 Å². The Morgan fingerprint density at radius 3 is 1.83 bits per heavy atom. The van der Waals surface area contributed by atoms with Crippen LogP contribution in [0.15, 0.2) is 204 Å². The minimum atomic E-state index is -0.470. The SMILES string of the molecule is N#Cc1ccc(-c2cccc3c2c2ccccc2n3-c2ccccc2)c2c3ccccc3n(-c3ccccc3C3N=C(c4ccccc4)N=C(c4ccccc4)N3)c12. The molecule has 0 spiro atoms. The summed E-state index contributed by atoms with van der Waals surface area (Å²) >= 11 is 0. The van der Waals surface area contributed by atoms with Gasteiger partial charge in [-0.1, -0.05) is 152 Å². The molecule has 6 heteroatoms. The third-order valence-electron chi connectivity index (χ3n) is 11.2. The molecule has 272 valence electrons. The minimum Gasteiger partial charge on any atom is -0.344 e. The van der Waals surface area contributed by atoms with Crippen molar-refractivity contribution in [3.63, 3.8) is 0 Å². The lowest BCUT2D eigenvalue weighted by atomic mass is 9.94. The lowest BCUT2D eigenvalue weighted by Gasteiger charge is -2.26. The van der Waals surface area contributed by atoms with Gasteiger partial charge in [0.05, 0.1) is 33.3 Å². The van der Waals surface area contributed by atoms with Crippen molar-refractivity contribution in [3.05, 3.63) is 216 Å². The molecule has 6 nitrogen and oxygen atoms in total. The van der Waals surface area contributed by atoms with Gasteiger partial charge in [0, 0.05) is 43.9 Å². The molecular formula is C52H34N6. The van der Waals surface area contributed by atoms with E-state index in [1.807, 2.05) is 54.6 Å². The Kier molecular flexibility index (Phi) is 7.83. The van der Waals surface area contributed by atoms with E-state index in [-0.39, 0.29) is 0 Å². The fourth-order valence-electron chi connectivity index (χ4n) is 8.75. The van der Waals surface area contributed by atoms with E-state index in [4.69, 9.17) is 9.98 Å². The molecule has 8 aromatic carbocycles. The zero-order valence-corrected chi connectivity index (χ0v) is 31.3. The average Bonchev–Trinajstić information content (AvgIpc) is 3.83. The molecule has 2 aromatic heterocycles. The maximum atomic E-state index is 10.9. The summed E-state index contributed by atoms with van der Waals surface area (Å²) in [6, 6.07) is 69.6. The molecule has 0 aliphatic carbocycles. The lowest BCUT2D eigenvalue weighted by Crippen LogP contribution is -2.34. The first-order valence-corrected chi connectivity index (χ1v) is 19.4. The van der Waals surface area contributed by atoms with Crippen LogP contribution in [0.4, 0.5) is 0 Å². The second-order valence-corrected chi connectivity index (χ2v) is 14.5. The average molecular weight is 743 g/mol. The van der Waals surface area contributed by atoms with Crippen molar-refractivity contribution < 1.29 is 0 Å². The van der Waals surface area contributed by atoms with Crippen LogP contribution in [0.1, 0.15) is 28.4 Å². The first kappa shape index (κ1) is 33.3. The molecular weight excluding hydrogens is 709 g/mol. The molecule has 3 heterocycles. The van der Waals surface area contributed by atoms with Gasteiger partial charge in [-0.25, -0.2) is 9.98 Å². The number of amidine groups is 2. The summed E-state index contributed by atoms with van der Waals surface area (Å²) in [4.78, 5) is 10.3. The molecule has 1 aliphatic rings. The molecule has 10 aromatic rings. The van der Waals surface area contributed by atoms with Crippen molar-refractivity contribution in [2.24, 2.45) is 9.98 Å². The molecule has 0 radical (unpaired) electrons. The van der Waals surface area contributed by atoms with Crippen LogP contribution in [0.2, 0.25) is 0 Å². The van der Waals surface area contributed by atoms with Crippen molar-refractivity contribution in [3.8, 4) is 28.6 Å². The second kappa shape index (κ2) is 13.6. The summed E-state index contributed by atoms with van der Waals surface area (Å²) in [6.07, 6.45) is -0.470. The van der Waals surface area contributed by atoms with E-state index >= 15 is 0 Å².